The highest BCUT2D eigenvalue weighted by molar-refractivity contribution is 7.89. The Morgan fingerprint density at radius 1 is 1.40 bits per heavy atom. The van der Waals surface area contributed by atoms with Crippen molar-refractivity contribution in [3.8, 4) is 0 Å². The Kier molecular flexibility index (Phi) is 3.97. The fraction of sp³-hybridized carbons (Fsp3) is 0.500. The summed E-state index contributed by atoms with van der Waals surface area (Å²) in [6.45, 7) is 1.47. The average molecular weight is 312 g/mol. The van der Waals surface area contributed by atoms with Crippen LogP contribution < -0.4 is 10.0 Å². The highest BCUT2D eigenvalue weighted by Crippen LogP contribution is 2.37. The van der Waals surface area contributed by atoms with Crippen molar-refractivity contribution in [1.29, 1.82) is 0 Å². The Labute approximate surface area is 121 Å². The molecule has 2 aliphatic heterocycles. The van der Waals surface area contributed by atoms with Gasteiger partial charge in [-0.25, -0.2) is 13.1 Å². The minimum absolute atomic E-state index is 0.211. The lowest BCUT2D eigenvalue weighted by atomic mass is 10.2. The minimum Gasteiger partial charge on any atom is -0.314 e. The van der Waals surface area contributed by atoms with Crippen molar-refractivity contribution in [2.24, 2.45) is 8.73 Å². The summed E-state index contributed by atoms with van der Waals surface area (Å²) < 4.78 is 35.4. The zero-order chi connectivity index (χ0) is 14.0. The van der Waals surface area contributed by atoms with Gasteiger partial charge in [-0.05, 0) is 37.9 Å². The Bertz CT molecular complexity index is 675. The molecule has 0 bridgehead atoms. The second-order valence-corrected chi connectivity index (χ2v) is 7.13. The van der Waals surface area contributed by atoms with E-state index < -0.39 is 10.0 Å². The van der Waals surface area contributed by atoms with E-state index in [0.29, 0.717) is 24.0 Å². The highest BCUT2D eigenvalue weighted by Gasteiger charge is 2.22. The van der Waals surface area contributed by atoms with Crippen molar-refractivity contribution in [1.82, 2.24) is 10.0 Å². The molecule has 0 unspecified atom stereocenters. The lowest BCUT2D eigenvalue weighted by Crippen LogP contribution is -2.30. The molecule has 20 heavy (non-hydrogen) atoms. The van der Waals surface area contributed by atoms with Crippen LogP contribution in [0.2, 0.25) is 0 Å². The van der Waals surface area contributed by atoms with E-state index in [1.807, 2.05) is 0 Å². The van der Waals surface area contributed by atoms with Crippen LogP contribution in [-0.4, -0.2) is 27.5 Å². The number of nitrogens with one attached hydrogen (secondary N) is 2. The first-order valence-corrected chi connectivity index (χ1v) is 8.82. The molecular weight excluding hydrogens is 296 g/mol. The van der Waals surface area contributed by atoms with Crippen molar-refractivity contribution in [2.75, 3.05) is 13.1 Å². The van der Waals surface area contributed by atoms with E-state index in [9.17, 15) is 8.42 Å². The number of hydrogen-bond donors (Lipinski definition) is 2. The average Bonchev–Trinajstić information content (AvgIpc) is 3.08. The first kappa shape index (κ1) is 13.9. The molecule has 0 aromatic heterocycles. The Morgan fingerprint density at radius 3 is 3.10 bits per heavy atom. The monoisotopic (exact) mass is 312 g/mol. The van der Waals surface area contributed by atoms with Crippen LogP contribution >= 0.6 is 0 Å². The molecule has 0 aliphatic carbocycles. The predicted molar refractivity (Wildman–Crippen MR) is 78.8 cm³/mol. The first-order valence-electron chi connectivity index (χ1n) is 6.61. The van der Waals surface area contributed by atoms with E-state index in [1.54, 1.807) is 18.2 Å². The van der Waals surface area contributed by atoms with Gasteiger partial charge in [0.1, 0.15) is 16.3 Å². The molecule has 0 amide bonds. The quantitative estimate of drug-likeness (QED) is 0.883. The molecule has 108 valence electrons. The van der Waals surface area contributed by atoms with Gasteiger partial charge in [0.2, 0.25) is 10.0 Å². The minimum atomic E-state index is -3.52. The van der Waals surface area contributed by atoms with E-state index >= 15 is 0 Å². The van der Waals surface area contributed by atoms with Gasteiger partial charge in [-0.15, -0.1) is 0 Å². The predicted octanol–water partition coefficient (Wildman–Crippen LogP) is 1.83. The largest absolute Gasteiger partial charge is 0.314 e. The van der Waals surface area contributed by atoms with Crippen LogP contribution in [0.25, 0.3) is 0 Å². The van der Waals surface area contributed by atoms with Gasteiger partial charge < -0.3 is 5.32 Å². The SMILES string of the molecule is O=S(=O)(NCC[C@@H]1CCCN1)c1cccc2c1N=S=N2. The summed E-state index contributed by atoms with van der Waals surface area (Å²) in [5.74, 6) is 0. The van der Waals surface area contributed by atoms with E-state index in [4.69, 9.17) is 0 Å². The summed E-state index contributed by atoms with van der Waals surface area (Å²) in [4.78, 5) is 0.211. The number of nitrogens with zero attached hydrogens (tertiary/aromatic N) is 2. The number of fused-ring (bicyclic) bond motifs is 1. The smallest absolute Gasteiger partial charge is 0.242 e. The fourth-order valence-electron chi connectivity index (χ4n) is 2.45. The zero-order valence-electron chi connectivity index (χ0n) is 10.9. The van der Waals surface area contributed by atoms with Gasteiger partial charge in [0.05, 0.1) is 11.4 Å². The third-order valence-electron chi connectivity index (χ3n) is 3.49. The van der Waals surface area contributed by atoms with E-state index in [2.05, 4.69) is 18.8 Å². The van der Waals surface area contributed by atoms with Crippen LogP contribution in [0.5, 0.6) is 0 Å². The van der Waals surface area contributed by atoms with Crippen molar-refractivity contribution in [3.05, 3.63) is 18.2 Å². The van der Waals surface area contributed by atoms with Gasteiger partial charge in [-0.1, -0.05) is 6.07 Å². The van der Waals surface area contributed by atoms with Gasteiger partial charge in [-0.3, -0.25) is 0 Å². The van der Waals surface area contributed by atoms with Gasteiger partial charge >= 0.3 is 0 Å². The molecule has 2 heterocycles. The summed E-state index contributed by atoms with van der Waals surface area (Å²) in [5.41, 5.74) is 1.07. The summed E-state index contributed by atoms with van der Waals surface area (Å²) >= 11 is 1.03. The molecule has 1 aromatic rings. The normalized spacial score (nSPS) is 20.9. The molecule has 3 rings (SSSR count). The number of sulfonamides is 1. The summed E-state index contributed by atoms with van der Waals surface area (Å²) in [7, 11) is -3.52. The first-order chi connectivity index (χ1) is 9.67. The third-order valence-corrected chi connectivity index (χ3v) is 5.52. The molecule has 0 spiro atoms. The molecule has 8 heteroatoms. The molecule has 1 fully saturated rings. The maximum absolute atomic E-state index is 12.3. The second-order valence-electron chi connectivity index (χ2n) is 4.87. The molecule has 2 aliphatic rings. The maximum atomic E-state index is 12.3. The van der Waals surface area contributed by atoms with E-state index in [-0.39, 0.29) is 4.90 Å². The topological polar surface area (TPSA) is 82.9 Å². The van der Waals surface area contributed by atoms with Crippen molar-refractivity contribution in [2.45, 2.75) is 30.2 Å². The third kappa shape index (κ3) is 2.83. The molecule has 0 saturated carbocycles. The van der Waals surface area contributed by atoms with Gasteiger partial charge in [0.25, 0.3) is 0 Å². The van der Waals surface area contributed by atoms with Crippen molar-refractivity contribution < 1.29 is 8.42 Å². The molecule has 6 nitrogen and oxygen atoms in total. The van der Waals surface area contributed by atoms with Crippen LogP contribution in [0.15, 0.2) is 31.8 Å². The highest BCUT2D eigenvalue weighted by atomic mass is 32.2. The van der Waals surface area contributed by atoms with Crippen molar-refractivity contribution >= 4 is 32.8 Å². The molecular formula is C12H16N4O2S2. The van der Waals surface area contributed by atoms with Gasteiger partial charge in [-0.2, -0.15) is 8.73 Å². The standard InChI is InChI=1S/C12H16N4O2S2/c17-20(18,14-8-6-9-3-2-7-13-9)11-5-1-4-10-12(11)16-19-15-10/h1,4-5,9,13-14H,2-3,6-8H2/t9-/m0/s1. The number of rotatable bonds is 5. The van der Waals surface area contributed by atoms with Crippen LogP contribution in [0.1, 0.15) is 19.3 Å². The van der Waals surface area contributed by atoms with E-state index in [1.165, 1.54) is 6.42 Å². The van der Waals surface area contributed by atoms with Crippen LogP contribution in [0.4, 0.5) is 11.4 Å². The van der Waals surface area contributed by atoms with Crippen LogP contribution in [-0.2, 0) is 21.4 Å². The molecule has 2 N–H and O–H groups in total. The molecule has 0 radical (unpaired) electrons. The summed E-state index contributed by atoms with van der Waals surface area (Å²) in [6, 6.07) is 5.45. The summed E-state index contributed by atoms with van der Waals surface area (Å²) in [6.07, 6.45) is 3.10. The van der Waals surface area contributed by atoms with Gasteiger partial charge in [0.15, 0.2) is 0 Å². The lowest BCUT2D eigenvalue weighted by Gasteiger charge is -2.12. The zero-order valence-corrected chi connectivity index (χ0v) is 12.5. The number of benzene rings is 1. The second kappa shape index (κ2) is 5.72. The Balaban J connectivity index is 1.69. The van der Waals surface area contributed by atoms with E-state index in [0.717, 1.165) is 30.7 Å². The molecule has 1 aromatic carbocycles. The fourth-order valence-corrected chi connectivity index (χ4v) is 4.26. The maximum Gasteiger partial charge on any atom is 0.242 e. The van der Waals surface area contributed by atoms with Crippen molar-refractivity contribution in [3.63, 3.8) is 0 Å². The lowest BCUT2D eigenvalue weighted by molar-refractivity contribution is 0.539. The van der Waals surface area contributed by atoms with Crippen LogP contribution in [0, 0.1) is 0 Å². The Morgan fingerprint density at radius 2 is 2.30 bits per heavy atom. The molecule has 1 saturated heterocycles. The van der Waals surface area contributed by atoms with Crippen LogP contribution in [0.3, 0.4) is 0 Å². The summed E-state index contributed by atoms with van der Waals surface area (Å²) in [5, 5.41) is 3.35. The number of hydrogen-bond acceptors (Lipinski definition) is 5. The Hall–Kier alpha value is -1.09. The molecule has 1 atom stereocenters. The van der Waals surface area contributed by atoms with Gasteiger partial charge in [0, 0.05) is 12.6 Å².